The standard InChI is InChI=1S/C71H122O6/c1-4-7-10-13-16-19-22-25-28-30-32-33-34-35-36-37-38-40-41-43-46-49-52-55-58-61-64-70(73)76-67-68(66-75-69(72)63-60-57-54-51-48-45-27-24-21-18-15-12-9-6-3)77-71(74)65-62-59-56-53-50-47-44-42-39-31-29-26-23-20-17-14-11-8-5-2/h8,11,15,17-18,20,24,26-27,29,39,42,47,50,56,59,68H,4-7,9-10,12-14,16,19,21-23,25,28,30-38,40-41,43-46,48-49,51-55,57-58,60-67H2,1-3H3/b11-8-,18-15-,20-17-,27-24-,29-26-,42-39-,50-47-,59-56-. The average Bonchev–Trinajstić information content (AvgIpc) is 3.43. The minimum absolute atomic E-state index is 0.110. The predicted molar refractivity (Wildman–Crippen MR) is 334 cm³/mol. The molecule has 442 valence electrons. The van der Waals surface area contributed by atoms with Gasteiger partial charge in [0.15, 0.2) is 6.10 Å². The summed E-state index contributed by atoms with van der Waals surface area (Å²) >= 11 is 0. The molecule has 0 rings (SSSR count). The van der Waals surface area contributed by atoms with E-state index in [2.05, 4.69) is 112 Å². The van der Waals surface area contributed by atoms with Crippen LogP contribution in [0.2, 0.25) is 0 Å². The first-order valence-corrected chi connectivity index (χ1v) is 32.7. The number of carbonyl (C=O) groups excluding carboxylic acids is 3. The van der Waals surface area contributed by atoms with Gasteiger partial charge in [-0.05, 0) is 83.5 Å². The van der Waals surface area contributed by atoms with E-state index in [1.165, 1.54) is 167 Å². The fourth-order valence-corrected chi connectivity index (χ4v) is 9.19. The highest BCUT2D eigenvalue weighted by Crippen LogP contribution is 2.17. The Morgan fingerprint density at radius 3 is 0.883 bits per heavy atom. The van der Waals surface area contributed by atoms with Crippen molar-refractivity contribution in [2.45, 2.75) is 322 Å². The molecular formula is C71H122O6. The molecule has 0 bridgehead atoms. The maximum Gasteiger partial charge on any atom is 0.306 e. The van der Waals surface area contributed by atoms with Gasteiger partial charge in [0.2, 0.25) is 0 Å². The van der Waals surface area contributed by atoms with Crippen LogP contribution in [0.5, 0.6) is 0 Å². The molecule has 0 aliphatic carbocycles. The minimum Gasteiger partial charge on any atom is -0.462 e. The Morgan fingerprint density at radius 2 is 0.545 bits per heavy atom. The number of hydrogen-bond donors (Lipinski definition) is 0. The van der Waals surface area contributed by atoms with Crippen molar-refractivity contribution in [1.29, 1.82) is 0 Å². The van der Waals surface area contributed by atoms with Crippen LogP contribution in [0, 0.1) is 0 Å². The molecule has 0 radical (unpaired) electrons. The maximum atomic E-state index is 12.9. The first-order valence-electron chi connectivity index (χ1n) is 32.7. The lowest BCUT2D eigenvalue weighted by molar-refractivity contribution is -0.166. The number of hydrogen-bond acceptors (Lipinski definition) is 6. The van der Waals surface area contributed by atoms with Gasteiger partial charge in [-0.3, -0.25) is 14.4 Å². The molecule has 0 saturated heterocycles. The molecule has 0 heterocycles. The van der Waals surface area contributed by atoms with Crippen molar-refractivity contribution in [2.24, 2.45) is 0 Å². The summed E-state index contributed by atoms with van der Waals surface area (Å²) in [4.78, 5) is 38.3. The van der Waals surface area contributed by atoms with Gasteiger partial charge in [-0.2, -0.15) is 0 Å². The SMILES string of the molecule is CC/C=C\C/C=C\C/C=C\C/C=C\C/C=C\C/C=C\CCC(=O)OC(COC(=O)CCCCCCC/C=C\C/C=C\CCCC)COC(=O)CCCCCCCCCCCCCCCCCCCCCCCCCCCC. The second-order valence-corrected chi connectivity index (χ2v) is 21.6. The second-order valence-electron chi connectivity index (χ2n) is 21.6. The van der Waals surface area contributed by atoms with Gasteiger partial charge in [-0.25, -0.2) is 0 Å². The predicted octanol–water partition coefficient (Wildman–Crippen LogP) is 22.4. The van der Waals surface area contributed by atoms with Crippen molar-refractivity contribution in [2.75, 3.05) is 13.2 Å². The molecule has 0 N–H and O–H groups in total. The summed E-state index contributed by atoms with van der Waals surface area (Å²) in [6, 6.07) is 0. The zero-order valence-electron chi connectivity index (χ0n) is 50.7. The molecule has 0 amide bonds. The van der Waals surface area contributed by atoms with E-state index in [0.29, 0.717) is 19.3 Å². The van der Waals surface area contributed by atoms with E-state index < -0.39 is 12.1 Å². The molecule has 0 spiro atoms. The molecular weight excluding hydrogens is 949 g/mol. The van der Waals surface area contributed by atoms with Crippen LogP contribution in [0.25, 0.3) is 0 Å². The Balaban J connectivity index is 4.36. The summed E-state index contributed by atoms with van der Waals surface area (Å²) in [6.45, 7) is 6.45. The van der Waals surface area contributed by atoms with Crippen molar-refractivity contribution in [1.82, 2.24) is 0 Å². The van der Waals surface area contributed by atoms with Gasteiger partial charge in [-0.15, -0.1) is 0 Å². The maximum absolute atomic E-state index is 12.9. The van der Waals surface area contributed by atoms with Crippen molar-refractivity contribution in [3.05, 3.63) is 97.2 Å². The second kappa shape index (κ2) is 64.9. The summed E-state index contributed by atoms with van der Waals surface area (Å²) in [6.07, 6.45) is 87.3. The van der Waals surface area contributed by atoms with Crippen LogP contribution in [0.1, 0.15) is 316 Å². The lowest BCUT2D eigenvalue weighted by atomic mass is 10.0. The average molecular weight is 1070 g/mol. The molecule has 0 fully saturated rings. The fraction of sp³-hybridized carbons (Fsp3) is 0.732. The molecule has 1 unspecified atom stereocenters. The van der Waals surface area contributed by atoms with Gasteiger partial charge in [0.1, 0.15) is 13.2 Å². The third kappa shape index (κ3) is 63.0. The van der Waals surface area contributed by atoms with Crippen LogP contribution in [0.4, 0.5) is 0 Å². The van der Waals surface area contributed by atoms with Gasteiger partial charge in [0.05, 0.1) is 0 Å². The highest BCUT2D eigenvalue weighted by atomic mass is 16.6. The summed E-state index contributed by atoms with van der Waals surface area (Å²) in [5, 5.41) is 0. The lowest BCUT2D eigenvalue weighted by Crippen LogP contribution is -2.30. The summed E-state index contributed by atoms with van der Waals surface area (Å²) < 4.78 is 16.8. The number of esters is 3. The van der Waals surface area contributed by atoms with E-state index in [0.717, 1.165) is 103 Å². The molecule has 0 aromatic heterocycles. The Hall–Kier alpha value is -3.67. The summed E-state index contributed by atoms with van der Waals surface area (Å²) in [7, 11) is 0. The van der Waals surface area contributed by atoms with Crippen LogP contribution in [0.15, 0.2) is 97.2 Å². The molecule has 0 saturated carbocycles. The highest BCUT2D eigenvalue weighted by Gasteiger charge is 2.19. The molecule has 6 heteroatoms. The number of carbonyl (C=O) groups is 3. The first kappa shape index (κ1) is 73.3. The molecule has 77 heavy (non-hydrogen) atoms. The van der Waals surface area contributed by atoms with Crippen LogP contribution in [-0.2, 0) is 28.6 Å². The van der Waals surface area contributed by atoms with E-state index in [9.17, 15) is 14.4 Å². The van der Waals surface area contributed by atoms with Crippen molar-refractivity contribution >= 4 is 17.9 Å². The van der Waals surface area contributed by atoms with E-state index in [4.69, 9.17) is 14.2 Å². The van der Waals surface area contributed by atoms with Gasteiger partial charge in [-0.1, -0.05) is 311 Å². The number of unbranched alkanes of at least 4 members (excludes halogenated alkanes) is 32. The molecule has 0 aromatic rings. The molecule has 0 aromatic carbocycles. The van der Waals surface area contributed by atoms with Gasteiger partial charge in [0, 0.05) is 19.3 Å². The normalized spacial score (nSPS) is 12.7. The first-order chi connectivity index (χ1) is 38.0. The third-order valence-electron chi connectivity index (χ3n) is 14.1. The molecule has 1 atom stereocenters. The Kier molecular flexibility index (Phi) is 61.8. The molecule has 6 nitrogen and oxygen atoms in total. The van der Waals surface area contributed by atoms with Crippen LogP contribution < -0.4 is 0 Å². The largest absolute Gasteiger partial charge is 0.462 e. The third-order valence-corrected chi connectivity index (χ3v) is 14.1. The Bertz CT molecular complexity index is 1510. The van der Waals surface area contributed by atoms with E-state index in [1.54, 1.807) is 0 Å². The van der Waals surface area contributed by atoms with E-state index in [-0.39, 0.29) is 31.6 Å². The van der Waals surface area contributed by atoms with Crippen LogP contribution in [-0.4, -0.2) is 37.2 Å². The quantitative estimate of drug-likeness (QED) is 0.0261. The summed E-state index contributed by atoms with van der Waals surface area (Å²) in [5.41, 5.74) is 0. The highest BCUT2D eigenvalue weighted by molar-refractivity contribution is 5.71. The zero-order valence-corrected chi connectivity index (χ0v) is 50.7. The van der Waals surface area contributed by atoms with Crippen molar-refractivity contribution in [3.8, 4) is 0 Å². The van der Waals surface area contributed by atoms with Crippen molar-refractivity contribution in [3.63, 3.8) is 0 Å². The molecule has 0 aliphatic rings. The monoisotopic (exact) mass is 1070 g/mol. The van der Waals surface area contributed by atoms with Crippen LogP contribution in [0.3, 0.4) is 0 Å². The van der Waals surface area contributed by atoms with Crippen LogP contribution >= 0.6 is 0 Å². The minimum atomic E-state index is -0.825. The number of ether oxygens (including phenoxy) is 3. The van der Waals surface area contributed by atoms with Gasteiger partial charge >= 0.3 is 17.9 Å². The topological polar surface area (TPSA) is 78.9 Å². The number of allylic oxidation sites excluding steroid dienone is 16. The van der Waals surface area contributed by atoms with Gasteiger partial charge in [0.25, 0.3) is 0 Å². The van der Waals surface area contributed by atoms with Crippen molar-refractivity contribution < 1.29 is 28.6 Å². The summed E-state index contributed by atoms with van der Waals surface area (Å²) in [5.74, 6) is -0.999. The van der Waals surface area contributed by atoms with Gasteiger partial charge < -0.3 is 14.2 Å². The Labute approximate surface area is 477 Å². The van der Waals surface area contributed by atoms with E-state index >= 15 is 0 Å². The lowest BCUT2D eigenvalue weighted by Gasteiger charge is -2.18. The Morgan fingerprint density at radius 1 is 0.273 bits per heavy atom. The zero-order chi connectivity index (χ0) is 55.7. The molecule has 0 aliphatic heterocycles. The fourth-order valence-electron chi connectivity index (χ4n) is 9.19. The smallest absolute Gasteiger partial charge is 0.306 e. The number of rotatable bonds is 59. The van der Waals surface area contributed by atoms with E-state index in [1.807, 2.05) is 6.08 Å².